The summed E-state index contributed by atoms with van der Waals surface area (Å²) in [5, 5.41) is 8.89. The number of likely N-dealkylation sites (tertiary alicyclic amines) is 1. The van der Waals surface area contributed by atoms with E-state index >= 15 is 0 Å². The summed E-state index contributed by atoms with van der Waals surface area (Å²) in [6.07, 6.45) is 2.38. The highest BCUT2D eigenvalue weighted by atomic mass is 16.5. The number of piperidine rings is 1. The molecule has 1 aliphatic heterocycles. The van der Waals surface area contributed by atoms with Gasteiger partial charge in [-0.3, -0.25) is 9.69 Å². The van der Waals surface area contributed by atoms with E-state index in [9.17, 15) is 4.79 Å². The van der Waals surface area contributed by atoms with E-state index in [0.29, 0.717) is 0 Å². The molecule has 1 N–H and O–H groups in total. The summed E-state index contributed by atoms with van der Waals surface area (Å²) in [4.78, 5) is 13.1. The van der Waals surface area contributed by atoms with E-state index in [0.717, 1.165) is 38.2 Å². The minimum absolute atomic E-state index is 0.279. The smallest absolute Gasteiger partial charge is 0.303 e. The van der Waals surface area contributed by atoms with Crippen molar-refractivity contribution in [2.75, 3.05) is 20.2 Å². The quantitative estimate of drug-likeness (QED) is 0.886. The van der Waals surface area contributed by atoms with Gasteiger partial charge in [-0.05, 0) is 31.4 Å². The molecule has 0 radical (unpaired) electrons. The van der Waals surface area contributed by atoms with Gasteiger partial charge in [0, 0.05) is 25.1 Å². The lowest BCUT2D eigenvalue weighted by molar-refractivity contribution is -0.138. The molecule has 1 aromatic carbocycles. The number of carbonyl (C=O) groups is 1. The van der Waals surface area contributed by atoms with Gasteiger partial charge in [-0.1, -0.05) is 18.2 Å². The third-order valence-electron chi connectivity index (χ3n) is 3.65. The van der Waals surface area contributed by atoms with Gasteiger partial charge in [0.2, 0.25) is 0 Å². The Balaban J connectivity index is 1.96. The van der Waals surface area contributed by atoms with Crippen molar-refractivity contribution in [2.24, 2.45) is 5.92 Å². The standard InChI is InChI=1S/C15H21NO3/c1-19-14-7-3-2-6-13(14)11-16-8-4-5-12(10-16)9-15(17)18/h2-3,6-7,12H,4-5,8-11H2,1H3,(H,17,18). The Morgan fingerprint density at radius 3 is 3.00 bits per heavy atom. The summed E-state index contributed by atoms with van der Waals surface area (Å²) in [5.41, 5.74) is 1.17. The number of hydrogen-bond donors (Lipinski definition) is 1. The Morgan fingerprint density at radius 1 is 1.47 bits per heavy atom. The molecule has 0 bridgehead atoms. The minimum Gasteiger partial charge on any atom is -0.496 e. The van der Waals surface area contributed by atoms with Crippen LogP contribution in [-0.4, -0.2) is 36.2 Å². The zero-order valence-corrected chi connectivity index (χ0v) is 11.3. The van der Waals surface area contributed by atoms with Crippen LogP contribution in [0.3, 0.4) is 0 Å². The maximum atomic E-state index is 10.8. The molecule has 1 unspecified atom stereocenters. The third kappa shape index (κ3) is 3.96. The lowest BCUT2D eigenvalue weighted by Crippen LogP contribution is -2.35. The number of methoxy groups -OCH3 is 1. The summed E-state index contributed by atoms with van der Waals surface area (Å²) in [6.45, 7) is 2.73. The van der Waals surface area contributed by atoms with Gasteiger partial charge >= 0.3 is 5.97 Å². The number of hydrogen-bond acceptors (Lipinski definition) is 3. The summed E-state index contributed by atoms with van der Waals surface area (Å²) < 4.78 is 5.36. The number of aliphatic carboxylic acids is 1. The van der Waals surface area contributed by atoms with Gasteiger partial charge in [0.25, 0.3) is 0 Å². The summed E-state index contributed by atoms with van der Waals surface area (Å²) in [5.74, 6) is 0.493. The fourth-order valence-electron chi connectivity index (χ4n) is 2.78. The van der Waals surface area contributed by atoms with Crippen LogP contribution in [0, 0.1) is 5.92 Å². The first-order valence-corrected chi connectivity index (χ1v) is 6.75. The summed E-state index contributed by atoms with van der Waals surface area (Å²) >= 11 is 0. The maximum Gasteiger partial charge on any atom is 0.303 e. The van der Waals surface area contributed by atoms with Gasteiger partial charge in [-0.2, -0.15) is 0 Å². The van der Waals surface area contributed by atoms with Gasteiger partial charge in [0.1, 0.15) is 5.75 Å². The van der Waals surface area contributed by atoms with Crippen molar-refractivity contribution in [3.63, 3.8) is 0 Å². The second kappa shape index (κ2) is 6.57. The molecule has 0 aliphatic carbocycles. The van der Waals surface area contributed by atoms with E-state index < -0.39 is 5.97 Å². The second-order valence-corrected chi connectivity index (χ2v) is 5.15. The first kappa shape index (κ1) is 13.9. The zero-order valence-electron chi connectivity index (χ0n) is 11.3. The number of carboxylic acids is 1. The Bertz CT molecular complexity index is 433. The van der Waals surface area contributed by atoms with Crippen molar-refractivity contribution >= 4 is 5.97 Å². The van der Waals surface area contributed by atoms with E-state index in [1.807, 2.05) is 18.2 Å². The Kier molecular flexibility index (Phi) is 4.80. The van der Waals surface area contributed by atoms with E-state index in [-0.39, 0.29) is 12.3 Å². The first-order valence-electron chi connectivity index (χ1n) is 6.75. The summed E-state index contributed by atoms with van der Waals surface area (Å²) in [6, 6.07) is 8.01. The van der Waals surface area contributed by atoms with Crippen LogP contribution < -0.4 is 4.74 Å². The minimum atomic E-state index is -0.691. The summed E-state index contributed by atoms with van der Waals surface area (Å²) in [7, 11) is 1.68. The topological polar surface area (TPSA) is 49.8 Å². The second-order valence-electron chi connectivity index (χ2n) is 5.15. The molecule has 19 heavy (non-hydrogen) atoms. The normalized spacial score (nSPS) is 20.2. The van der Waals surface area contributed by atoms with Crippen molar-refractivity contribution < 1.29 is 14.6 Å². The number of ether oxygens (including phenoxy) is 1. The molecule has 1 fully saturated rings. The van der Waals surface area contributed by atoms with Gasteiger partial charge < -0.3 is 9.84 Å². The molecule has 4 nitrogen and oxygen atoms in total. The van der Waals surface area contributed by atoms with Gasteiger partial charge in [-0.15, -0.1) is 0 Å². The molecule has 1 atom stereocenters. The largest absolute Gasteiger partial charge is 0.496 e. The number of carboxylic acid groups (broad SMARTS) is 1. The highest BCUT2D eigenvalue weighted by Crippen LogP contribution is 2.24. The van der Waals surface area contributed by atoms with E-state index in [2.05, 4.69) is 11.0 Å². The van der Waals surface area contributed by atoms with Gasteiger partial charge in [-0.25, -0.2) is 0 Å². The fraction of sp³-hybridized carbons (Fsp3) is 0.533. The van der Waals surface area contributed by atoms with Gasteiger partial charge in [0.05, 0.1) is 7.11 Å². The molecule has 0 spiro atoms. The average Bonchev–Trinajstić information content (AvgIpc) is 2.39. The lowest BCUT2D eigenvalue weighted by atomic mass is 9.94. The lowest BCUT2D eigenvalue weighted by Gasteiger charge is -2.32. The van der Waals surface area contributed by atoms with Crippen molar-refractivity contribution in [3.8, 4) is 5.75 Å². The highest BCUT2D eigenvalue weighted by molar-refractivity contribution is 5.67. The molecule has 2 rings (SSSR count). The molecule has 0 amide bonds. The molecule has 0 aromatic heterocycles. The highest BCUT2D eigenvalue weighted by Gasteiger charge is 2.22. The Morgan fingerprint density at radius 2 is 2.26 bits per heavy atom. The Labute approximate surface area is 114 Å². The number of rotatable bonds is 5. The van der Waals surface area contributed by atoms with Crippen LogP contribution >= 0.6 is 0 Å². The van der Waals surface area contributed by atoms with Crippen LogP contribution in [0.2, 0.25) is 0 Å². The number of nitrogens with zero attached hydrogens (tertiary/aromatic N) is 1. The third-order valence-corrected chi connectivity index (χ3v) is 3.65. The molecule has 0 saturated carbocycles. The number of benzene rings is 1. The van der Waals surface area contributed by atoms with Crippen molar-refractivity contribution in [1.29, 1.82) is 0 Å². The van der Waals surface area contributed by atoms with Crippen LogP contribution in [-0.2, 0) is 11.3 Å². The average molecular weight is 263 g/mol. The molecular weight excluding hydrogens is 242 g/mol. The van der Waals surface area contributed by atoms with Crippen LogP contribution in [0.25, 0.3) is 0 Å². The predicted molar refractivity (Wildman–Crippen MR) is 73.2 cm³/mol. The van der Waals surface area contributed by atoms with Gasteiger partial charge in [0.15, 0.2) is 0 Å². The van der Waals surface area contributed by atoms with Crippen LogP contribution in [0.5, 0.6) is 5.75 Å². The zero-order chi connectivity index (χ0) is 13.7. The molecule has 104 valence electrons. The van der Waals surface area contributed by atoms with Crippen molar-refractivity contribution in [3.05, 3.63) is 29.8 Å². The van der Waals surface area contributed by atoms with Crippen molar-refractivity contribution in [1.82, 2.24) is 4.90 Å². The molecule has 1 heterocycles. The van der Waals surface area contributed by atoms with E-state index in [4.69, 9.17) is 9.84 Å². The van der Waals surface area contributed by atoms with Crippen LogP contribution in [0.15, 0.2) is 24.3 Å². The molecule has 1 aromatic rings. The fourth-order valence-corrected chi connectivity index (χ4v) is 2.78. The van der Waals surface area contributed by atoms with Crippen molar-refractivity contribution in [2.45, 2.75) is 25.8 Å². The molecule has 4 heteroatoms. The SMILES string of the molecule is COc1ccccc1CN1CCCC(CC(=O)O)C1. The van der Waals surface area contributed by atoms with E-state index in [1.165, 1.54) is 5.56 Å². The predicted octanol–water partition coefficient (Wildman–Crippen LogP) is 2.38. The Hall–Kier alpha value is -1.55. The number of para-hydroxylation sites is 1. The molecule has 1 aliphatic rings. The van der Waals surface area contributed by atoms with E-state index in [1.54, 1.807) is 7.11 Å². The maximum absolute atomic E-state index is 10.8. The molecular formula is C15H21NO3. The van der Waals surface area contributed by atoms with Crippen LogP contribution in [0.4, 0.5) is 0 Å². The monoisotopic (exact) mass is 263 g/mol. The first-order chi connectivity index (χ1) is 9.19. The molecule has 1 saturated heterocycles. The van der Waals surface area contributed by atoms with Crippen LogP contribution in [0.1, 0.15) is 24.8 Å².